The van der Waals surface area contributed by atoms with Gasteiger partial charge in [0.1, 0.15) is 0 Å². The highest BCUT2D eigenvalue weighted by Gasteiger charge is 2.54. The molecule has 2 atom stereocenters. The Hall–Kier alpha value is -0.830. The lowest BCUT2D eigenvalue weighted by Gasteiger charge is -2.53. The second kappa shape index (κ2) is 4.69. The topological polar surface area (TPSA) is 29.5 Å². The smallest absolute Gasteiger partial charge is 0.314 e. The molecule has 100 valence electrons. The lowest BCUT2D eigenvalue weighted by Crippen LogP contribution is -2.60. The second-order valence-corrected chi connectivity index (χ2v) is 5.84. The first-order chi connectivity index (χ1) is 8.78. The van der Waals surface area contributed by atoms with Gasteiger partial charge in [0.05, 0.1) is 12.0 Å². The molecule has 0 spiro atoms. The molecular weight excluding hydrogens is 226 g/mol. The van der Waals surface area contributed by atoms with Crippen LogP contribution in [-0.4, -0.2) is 36.6 Å². The van der Waals surface area contributed by atoms with E-state index in [2.05, 4.69) is 11.0 Å². The van der Waals surface area contributed by atoms with Crippen molar-refractivity contribution in [2.75, 3.05) is 19.7 Å². The Kier molecular flexibility index (Phi) is 3.18. The Labute approximate surface area is 109 Å². The molecule has 0 aromatic rings. The number of carbonyl (C=O) groups is 1. The summed E-state index contributed by atoms with van der Waals surface area (Å²) in [6.07, 6.45) is 9.02. The molecule has 3 nitrogen and oxygen atoms in total. The highest BCUT2D eigenvalue weighted by molar-refractivity contribution is 5.79. The molecule has 3 heteroatoms. The van der Waals surface area contributed by atoms with Gasteiger partial charge in [0, 0.05) is 6.04 Å². The largest absolute Gasteiger partial charge is 0.466 e. The zero-order valence-corrected chi connectivity index (χ0v) is 11.3. The summed E-state index contributed by atoms with van der Waals surface area (Å²) in [4.78, 5) is 15.0. The summed E-state index contributed by atoms with van der Waals surface area (Å²) in [6, 6.07) is 0.354. The van der Waals surface area contributed by atoms with Crippen LogP contribution in [-0.2, 0) is 9.53 Å². The minimum Gasteiger partial charge on any atom is -0.466 e. The number of piperidine rings is 2. The quantitative estimate of drug-likeness (QED) is 0.556. The minimum atomic E-state index is -0.223. The van der Waals surface area contributed by atoms with Gasteiger partial charge in [0.2, 0.25) is 0 Å². The molecule has 0 saturated carbocycles. The van der Waals surface area contributed by atoms with Crippen molar-refractivity contribution in [1.82, 2.24) is 4.90 Å². The molecular formula is C15H23NO2. The van der Waals surface area contributed by atoms with Crippen LogP contribution in [0.3, 0.4) is 0 Å². The molecule has 2 aliphatic heterocycles. The van der Waals surface area contributed by atoms with Crippen molar-refractivity contribution < 1.29 is 9.53 Å². The van der Waals surface area contributed by atoms with E-state index in [1.54, 1.807) is 0 Å². The average Bonchev–Trinajstić information content (AvgIpc) is 2.40. The molecule has 2 heterocycles. The SMILES string of the molecule is CCOC(=O)[C@@]12CCC=C3CCCN(CCC1)[C@H]32. The van der Waals surface area contributed by atoms with Crippen molar-refractivity contribution in [3.63, 3.8) is 0 Å². The Morgan fingerprint density at radius 2 is 2.28 bits per heavy atom. The maximum absolute atomic E-state index is 12.5. The molecule has 0 radical (unpaired) electrons. The summed E-state index contributed by atoms with van der Waals surface area (Å²) in [5.74, 6) is 0.0622. The molecule has 0 amide bonds. The molecule has 0 aromatic heterocycles. The highest BCUT2D eigenvalue weighted by Crippen LogP contribution is 2.49. The molecule has 2 saturated heterocycles. The molecule has 0 aromatic carbocycles. The fourth-order valence-corrected chi connectivity index (χ4v) is 4.25. The zero-order valence-electron chi connectivity index (χ0n) is 11.3. The van der Waals surface area contributed by atoms with Crippen LogP contribution < -0.4 is 0 Å². The average molecular weight is 249 g/mol. The van der Waals surface area contributed by atoms with Gasteiger partial charge in [0.15, 0.2) is 0 Å². The van der Waals surface area contributed by atoms with Gasteiger partial charge in [0.25, 0.3) is 0 Å². The van der Waals surface area contributed by atoms with Gasteiger partial charge in [-0.25, -0.2) is 0 Å². The van der Waals surface area contributed by atoms with Crippen molar-refractivity contribution in [3.8, 4) is 0 Å². The molecule has 3 aliphatic rings. The van der Waals surface area contributed by atoms with E-state index in [9.17, 15) is 4.79 Å². The predicted octanol–water partition coefficient (Wildman–Crippen LogP) is 2.51. The Morgan fingerprint density at radius 3 is 3.11 bits per heavy atom. The zero-order chi connectivity index (χ0) is 12.6. The fraction of sp³-hybridized carbons (Fsp3) is 0.800. The molecule has 2 fully saturated rings. The normalized spacial score (nSPS) is 35.6. The van der Waals surface area contributed by atoms with Crippen LogP contribution in [0.2, 0.25) is 0 Å². The first-order valence-electron chi connectivity index (χ1n) is 7.38. The maximum atomic E-state index is 12.5. The molecule has 0 unspecified atom stereocenters. The van der Waals surface area contributed by atoms with Crippen molar-refractivity contribution in [1.29, 1.82) is 0 Å². The predicted molar refractivity (Wildman–Crippen MR) is 70.2 cm³/mol. The molecule has 0 bridgehead atoms. The summed E-state index contributed by atoms with van der Waals surface area (Å²) in [6.45, 7) is 4.73. The van der Waals surface area contributed by atoms with Crippen LogP contribution >= 0.6 is 0 Å². The number of esters is 1. The number of allylic oxidation sites excluding steroid dienone is 1. The third-order valence-corrected chi connectivity index (χ3v) is 4.90. The van der Waals surface area contributed by atoms with Crippen molar-refractivity contribution >= 4 is 5.97 Å². The maximum Gasteiger partial charge on any atom is 0.314 e. The van der Waals surface area contributed by atoms with Gasteiger partial charge in [-0.1, -0.05) is 11.6 Å². The van der Waals surface area contributed by atoms with Crippen molar-refractivity contribution in [2.45, 2.75) is 51.5 Å². The van der Waals surface area contributed by atoms with E-state index in [0.717, 1.165) is 38.8 Å². The Morgan fingerprint density at radius 1 is 1.44 bits per heavy atom. The van der Waals surface area contributed by atoms with Gasteiger partial charge < -0.3 is 4.74 Å². The van der Waals surface area contributed by atoms with Gasteiger partial charge in [-0.2, -0.15) is 0 Å². The lowest BCUT2D eigenvalue weighted by molar-refractivity contribution is -0.164. The number of carbonyl (C=O) groups excluding carboxylic acids is 1. The van der Waals surface area contributed by atoms with E-state index >= 15 is 0 Å². The van der Waals surface area contributed by atoms with E-state index < -0.39 is 0 Å². The number of hydrogen-bond donors (Lipinski definition) is 0. The van der Waals surface area contributed by atoms with Crippen molar-refractivity contribution in [3.05, 3.63) is 11.6 Å². The summed E-state index contributed by atoms with van der Waals surface area (Å²) < 4.78 is 5.41. The van der Waals surface area contributed by atoms with Gasteiger partial charge >= 0.3 is 5.97 Å². The number of ether oxygens (including phenoxy) is 1. The Bertz CT molecular complexity index is 375. The van der Waals surface area contributed by atoms with E-state index in [1.165, 1.54) is 18.4 Å². The van der Waals surface area contributed by atoms with Gasteiger partial charge in [-0.05, 0) is 58.5 Å². The van der Waals surface area contributed by atoms with Crippen LogP contribution in [0.1, 0.15) is 45.4 Å². The number of nitrogens with zero attached hydrogens (tertiary/aromatic N) is 1. The summed E-state index contributed by atoms with van der Waals surface area (Å²) in [5.41, 5.74) is 1.29. The van der Waals surface area contributed by atoms with Gasteiger partial charge in [-0.15, -0.1) is 0 Å². The first kappa shape index (κ1) is 12.2. The van der Waals surface area contributed by atoms with Crippen LogP contribution in [0, 0.1) is 5.41 Å². The van der Waals surface area contributed by atoms with Crippen LogP contribution in [0.4, 0.5) is 0 Å². The Balaban J connectivity index is 1.96. The third-order valence-electron chi connectivity index (χ3n) is 4.90. The molecule has 0 N–H and O–H groups in total. The highest BCUT2D eigenvalue weighted by atomic mass is 16.5. The van der Waals surface area contributed by atoms with E-state index in [1.807, 2.05) is 6.92 Å². The van der Waals surface area contributed by atoms with E-state index in [-0.39, 0.29) is 11.4 Å². The fourth-order valence-electron chi connectivity index (χ4n) is 4.25. The van der Waals surface area contributed by atoms with Crippen LogP contribution in [0.25, 0.3) is 0 Å². The standard InChI is InChI=1S/C15H23NO2/c1-2-18-14(17)15-8-3-6-12-7-4-10-16(13(12)15)11-5-9-15/h6,13H,2-5,7-11H2,1H3/t13-,15+/m1/s1. The monoisotopic (exact) mass is 249 g/mol. The number of rotatable bonds is 2. The van der Waals surface area contributed by atoms with Gasteiger partial charge in [-0.3, -0.25) is 9.69 Å². The van der Waals surface area contributed by atoms with Crippen molar-refractivity contribution in [2.24, 2.45) is 5.41 Å². The van der Waals surface area contributed by atoms with Crippen LogP contribution in [0.5, 0.6) is 0 Å². The summed E-state index contributed by atoms with van der Waals surface area (Å²) in [7, 11) is 0. The third kappa shape index (κ3) is 1.71. The molecule has 3 rings (SSSR count). The summed E-state index contributed by atoms with van der Waals surface area (Å²) in [5, 5.41) is 0. The molecule has 1 aliphatic carbocycles. The lowest BCUT2D eigenvalue weighted by atomic mass is 9.63. The first-order valence-corrected chi connectivity index (χ1v) is 7.38. The minimum absolute atomic E-state index is 0.0622. The number of hydrogen-bond acceptors (Lipinski definition) is 3. The summed E-state index contributed by atoms with van der Waals surface area (Å²) >= 11 is 0. The molecule has 18 heavy (non-hydrogen) atoms. The second-order valence-electron chi connectivity index (χ2n) is 5.84. The van der Waals surface area contributed by atoms with E-state index in [0.29, 0.717) is 12.6 Å². The van der Waals surface area contributed by atoms with E-state index in [4.69, 9.17) is 4.74 Å². The van der Waals surface area contributed by atoms with Crippen LogP contribution in [0.15, 0.2) is 11.6 Å².